The molecule has 0 saturated carbocycles. The fourth-order valence-corrected chi connectivity index (χ4v) is 1.68. The monoisotopic (exact) mass is 440 g/mol. The molecule has 0 aliphatic rings. The second-order valence-electron chi connectivity index (χ2n) is 5.90. The van der Waals surface area contributed by atoms with Gasteiger partial charge in [0.2, 0.25) is 0 Å². The molecule has 0 aliphatic heterocycles. The molecule has 6 nitrogen and oxygen atoms in total. The van der Waals surface area contributed by atoms with Gasteiger partial charge in [-0.25, -0.2) is 4.79 Å². The zero-order valence-electron chi connectivity index (χ0n) is 15.1. The van der Waals surface area contributed by atoms with E-state index in [0.29, 0.717) is 26.2 Å². The van der Waals surface area contributed by atoms with Crippen LogP contribution in [0.5, 0.6) is 0 Å². The van der Waals surface area contributed by atoms with E-state index in [9.17, 15) is 4.79 Å². The number of aliphatic imine (C=N–C) groups is 1. The highest BCUT2D eigenvalue weighted by atomic mass is 127. The van der Waals surface area contributed by atoms with Crippen molar-refractivity contribution in [3.05, 3.63) is 12.7 Å². The lowest BCUT2D eigenvalue weighted by Gasteiger charge is -2.26. The third-order valence-corrected chi connectivity index (χ3v) is 2.54. The Morgan fingerprint density at radius 2 is 1.91 bits per heavy atom. The predicted octanol–water partition coefficient (Wildman–Crippen LogP) is 2.99. The summed E-state index contributed by atoms with van der Waals surface area (Å²) in [6.07, 6.45) is 2.38. The molecular weight excluding hydrogens is 407 g/mol. The van der Waals surface area contributed by atoms with Gasteiger partial charge >= 0.3 is 6.09 Å². The van der Waals surface area contributed by atoms with Crippen LogP contribution < -0.4 is 10.6 Å². The highest BCUT2D eigenvalue weighted by molar-refractivity contribution is 14.0. The molecule has 0 saturated heterocycles. The molecule has 0 radical (unpaired) electrons. The van der Waals surface area contributed by atoms with Gasteiger partial charge in [0, 0.05) is 26.2 Å². The molecule has 7 heteroatoms. The maximum Gasteiger partial charge on any atom is 0.410 e. The van der Waals surface area contributed by atoms with Crippen molar-refractivity contribution in [2.45, 2.75) is 46.6 Å². The van der Waals surface area contributed by atoms with Gasteiger partial charge in [0.1, 0.15) is 5.60 Å². The van der Waals surface area contributed by atoms with Crippen molar-refractivity contribution in [2.24, 2.45) is 4.99 Å². The Labute approximate surface area is 158 Å². The van der Waals surface area contributed by atoms with Crippen molar-refractivity contribution in [1.82, 2.24) is 15.5 Å². The Bertz CT molecular complexity index is 368. The van der Waals surface area contributed by atoms with E-state index in [0.717, 1.165) is 18.9 Å². The number of rotatable bonds is 8. The van der Waals surface area contributed by atoms with Gasteiger partial charge < -0.3 is 20.3 Å². The van der Waals surface area contributed by atoms with Gasteiger partial charge in [-0.2, -0.15) is 0 Å². The summed E-state index contributed by atoms with van der Waals surface area (Å²) in [4.78, 5) is 18.3. The molecule has 0 aromatic rings. The molecule has 0 bridgehead atoms. The lowest BCUT2D eigenvalue weighted by molar-refractivity contribution is 0.0256. The van der Waals surface area contributed by atoms with Crippen LogP contribution in [0.3, 0.4) is 0 Å². The van der Waals surface area contributed by atoms with Gasteiger partial charge in [-0.1, -0.05) is 13.0 Å². The quantitative estimate of drug-likeness (QED) is 0.264. The van der Waals surface area contributed by atoms with Crippen LogP contribution in [0.4, 0.5) is 4.79 Å². The molecule has 0 fully saturated rings. The number of carbonyl (C=O) groups is 1. The molecule has 0 atom stereocenters. The minimum absolute atomic E-state index is 0. The maximum atomic E-state index is 12.1. The fraction of sp³-hybridized carbons (Fsp3) is 0.750. The second kappa shape index (κ2) is 13.4. The van der Waals surface area contributed by atoms with Gasteiger partial charge in [-0.15, -0.1) is 30.6 Å². The standard InChI is InChI=1S/C16H32N4O2.HI/c1-7-10-18-14(17-9-3)19-11-13-20(12-8-2)15(21)22-16(4,5)6;/h7H,1,8-13H2,2-6H3,(H2,17,18,19);1H. The van der Waals surface area contributed by atoms with E-state index >= 15 is 0 Å². The van der Waals surface area contributed by atoms with E-state index in [1.165, 1.54) is 0 Å². The summed E-state index contributed by atoms with van der Waals surface area (Å²) in [5.41, 5.74) is -0.479. The van der Waals surface area contributed by atoms with Gasteiger partial charge in [0.15, 0.2) is 5.96 Å². The van der Waals surface area contributed by atoms with E-state index in [1.807, 2.05) is 34.6 Å². The number of nitrogens with one attached hydrogen (secondary N) is 2. The summed E-state index contributed by atoms with van der Waals surface area (Å²) in [5, 5.41) is 6.28. The lowest BCUT2D eigenvalue weighted by atomic mass is 10.2. The lowest BCUT2D eigenvalue weighted by Crippen LogP contribution is -2.40. The van der Waals surface area contributed by atoms with Crippen molar-refractivity contribution in [3.8, 4) is 0 Å². The first-order valence-corrected chi connectivity index (χ1v) is 7.95. The molecular formula is C16H33IN4O2. The summed E-state index contributed by atoms with van der Waals surface area (Å²) >= 11 is 0. The van der Waals surface area contributed by atoms with Crippen molar-refractivity contribution < 1.29 is 9.53 Å². The number of carbonyl (C=O) groups excluding carboxylic acids is 1. The van der Waals surface area contributed by atoms with E-state index in [2.05, 4.69) is 22.2 Å². The van der Waals surface area contributed by atoms with Crippen LogP contribution in [0.1, 0.15) is 41.0 Å². The van der Waals surface area contributed by atoms with Crippen LogP contribution in [0.15, 0.2) is 17.6 Å². The van der Waals surface area contributed by atoms with E-state index < -0.39 is 5.60 Å². The van der Waals surface area contributed by atoms with Crippen molar-refractivity contribution in [2.75, 3.05) is 32.7 Å². The topological polar surface area (TPSA) is 66.0 Å². The van der Waals surface area contributed by atoms with Crippen molar-refractivity contribution in [1.29, 1.82) is 0 Å². The van der Waals surface area contributed by atoms with Crippen molar-refractivity contribution >= 4 is 36.0 Å². The molecule has 0 aromatic heterocycles. The van der Waals surface area contributed by atoms with Crippen LogP contribution in [-0.2, 0) is 4.74 Å². The third-order valence-electron chi connectivity index (χ3n) is 2.54. The molecule has 0 heterocycles. The first-order chi connectivity index (χ1) is 10.3. The molecule has 1 amide bonds. The number of halogens is 1. The third kappa shape index (κ3) is 13.2. The van der Waals surface area contributed by atoms with Crippen LogP contribution in [0, 0.1) is 0 Å². The molecule has 0 aromatic carbocycles. The summed E-state index contributed by atoms with van der Waals surface area (Å²) in [6.45, 7) is 16.5. The van der Waals surface area contributed by atoms with Gasteiger partial charge in [0.25, 0.3) is 0 Å². The van der Waals surface area contributed by atoms with Gasteiger partial charge in [-0.05, 0) is 34.1 Å². The van der Waals surface area contributed by atoms with E-state index in [-0.39, 0.29) is 30.1 Å². The minimum Gasteiger partial charge on any atom is -0.444 e. The molecule has 0 aliphatic carbocycles. The Balaban J connectivity index is 0. The smallest absolute Gasteiger partial charge is 0.410 e. The number of ether oxygens (including phenoxy) is 1. The molecule has 2 N–H and O–H groups in total. The molecule has 23 heavy (non-hydrogen) atoms. The maximum absolute atomic E-state index is 12.1. The number of nitrogens with zero attached hydrogens (tertiary/aromatic N) is 2. The second-order valence-corrected chi connectivity index (χ2v) is 5.90. The summed E-state index contributed by atoms with van der Waals surface area (Å²) < 4.78 is 5.42. The average Bonchev–Trinajstić information content (AvgIpc) is 2.41. The fourth-order valence-electron chi connectivity index (χ4n) is 1.68. The summed E-state index contributed by atoms with van der Waals surface area (Å²) in [6, 6.07) is 0. The highest BCUT2D eigenvalue weighted by Crippen LogP contribution is 2.10. The van der Waals surface area contributed by atoms with Crippen LogP contribution >= 0.6 is 24.0 Å². The zero-order valence-corrected chi connectivity index (χ0v) is 17.5. The Morgan fingerprint density at radius 1 is 1.26 bits per heavy atom. The van der Waals surface area contributed by atoms with Gasteiger partial charge in [0.05, 0.1) is 6.54 Å². The summed E-state index contributed by atoms with van der Waals surface area (Å²) in [7, 11) is 0. The zero-order chi connectivity index (χ0) is 17.0. The van der Waals surface area contributed by atoms with Crippen LogP contribution in [0.25, 0.3) is 0 Å². The van der Waals surface area contributed by atoms with Gasteiger partial charge in [-0.3, -0.25) is 4.99 Å². The summed E-state index contributed by atoms with van der Waals surface area (Å²) in [5.74, 6) is 0.725. The largest absolute Gasteiger partial charge is 0.444 e. The van der Waals surface area contributed by atoms with Crippen molar-refractivity contribution in [3.63, 3.8) is 0 Å². The number of hydrogen-bond acceptors (Lipinski definition) is 3. The first kappa shape index (κ1) is 24.3. The predicted molar refractivity (Wildman–Crippen MR) is 108 cm³/mol. The van der Waals surface area contributed by atoms with E-state index in [4.69, 9.17) is 4.74 Å². The first-order valence-electron chi connectivity index (χ1n) is 7.95. The number of amides is 1. The van der Waals surface area contributed by atoms with Crippen LogP contribution in [0.2, 0.25) is 0 Å². The Hall–Kier alpha value is -0.990. The molecule has 0 unspecified atom stereocenters. The Kier molecular flexibility index (Phi) is 14.2. The molecule has 0 spiro atoms. The minimum atomic E-state index is -0.479. The molecule has 136 valence electrons. The molecule has 0 rings (SSSR count). The normalized spacial score (nSPS) is 11.3. The average molecular weight is 440 g/mol. The Morgan fingerprint density at radius 3 is 2.39 bits per heavy atom. The number of guanidine groups is 1. The number of hydrogen-bond donors (Lipinski definition) is 2. The van der Waals surface area contributed by atoms with E-state index in [1.54, 1.807) is 11.0 Å². The SMILES string of the molecule is C=CCNC(=NCCN(CCC)C(=O)OC(C)(C)C)NCC.I. The highest BCUT2D eigenvalue weighted by Gasteiger charge is 2.21. The van der Waals surface area contributed by atoms with Crippen LogP contribution in [-0.4, -0.2) is 55.3 Å².